The van der Waals surface area contributed by atoms with E-state index < -0.39 is 11.1 Å². The number of hydrogen-bond donors (Lipinski definition) is 1. The molecule has 0 aliphatic carbocycles. The van der Waals surface area contributed by atoms with Crippen LogP contribution in [0.5, 0.6) is 0 Å². The van der Waals surface area contributed by atoms with Gasteiger partial charge in [-0.05, 0) is 45.9 Å². The summed E-state index contributed by atoms with van der Waals surface area (Å²) in [7, 11) is 0. The summed E-state index contributed by atoms with van der Waals surface area (Å²) in [4.78, 5) is 31.0. The third-order valence-corrected chi connectivity index (χ3v) is 4.88. The number of halogens is 2. The summed E-state index contributed by atoms with van der Waals surface area (Å²) in [5.41, 5.74) is 0.392. The van der Waals surface area contributed by atoms with Gasteiger partial charge in [0.15, 0.2) is 5.17 Å². The highest BCUT2D eigenvalue weighted by Gasteiger charge is 2.40. The molecule has 2 rings (SSSR count). The van der Waals surface area contributed by atoms with E-state index in [0.717, 1.165) is 0 Å². The van der Waals surface area contributed by atoms with E-state index in [9.17, 15) is 14.0 Å². The Morgan fingerprint density at radius 1 is 1.40 bits per heavy atom. The maximum absolute atomic E-state index is 13.2. The van der Waals surface area contributed by atoms with Crippen LogP contribution in [-0.2, 0) is 9.59 Å². The Kier molecular flexibility index (Phi) is 6.46. The zero-order chi connectivity index (χ0) is 18.7. The molecule has 0 radical (unpaired) electrons. The molecule has 1 fully saturated rings. The zero-order valence-corrected chi connectivity index (χ0v) is 16.1. The van der Waals surface area contributed by atoms with Crippen molar-refractivity contribution < 1.29 is 14.0 Å². The monoisotopic (exact) mass is 385 g/mol. The van der Waals surface area contributed by atoms with Crippen LogP contribution in [0.25, 0.3) is 0 Å². The molecule has 1 aromatic rings. The molecule has 136 valence electrons. The number of amidine groups is 1. The second-order valence-electron chi connectivity index (χ2n) is 6.30. The normalized spacial score (nSPS) is 19.4. The average molecular weight is 386 g/mol. The van der Waals surface area contributed by atoms with E-state index in [2.05, 4.69) is 10.3 Å². The smallest absolute Gasteiger partial charge is 0.242 e. The van der Waals surface area contributed by atoms with Gasteiger partial charge in [0.25, 0.3) is 0 Å². The van der Waals surface area contributed by atoms with Gasteiger partial charge in [-0.3, -0.25) is 19.5 Å². The van der Waals surface area contributed by atoms with E-state index in [0.29, 0.717) is 10.9 Å². The molecule has 0 bridgehead atoms. The molecule has 0 spiro atoms. The van der Waals surface area contributed by atoms with Crippen LogP contribution < -0.4 is 5.32 Å². The van der Waals surface area contributed by atoms with Crippen molar-refractivity contribution in [2.45, 2.75) is 51.4 Å². The van der Waals surface area contributed by atoms with Crippen LogP contribution in [-0.4, -0.2) is 39.2 Å². The highest BCUT2D eigenvalue weighted by Crippen LogP contribution is 2.32. The summed E-state index contributed by atoms with van der Waals surface area (Å²) in [5, 5.41) is 2.71. The van der Waals surface area contributed by atoms with Gasteiger partial charge in [0, 0.05) is 24.2 Å². The fourth-order valence-corrected chi connectivity index (χ4v) is 3.93. The van der Waals surface area contributed by atoms with Crippen molar-refractivity contribution >= 4 is 46.0 Å². The van der Waals surface area contributed by atoms with Crippen LogP contribution in [0.4, 0.5) is 10.1 Å². The van der Waals surface area contributed by atoms with Crippen LogP contribution in [0.1, 0.15) is 34.1 Å². The largest absolute Gasteiger partial charge is 0.326 e. The molecule has 25 heavy (non-hydrogen) atoms. The second kappa shape index (κ2) is 8.19. The molecule has 8 heteroatoms. The van der Waals surface area contributed by atoms with E-state index >= 15 is 0 Å². The molecule has 1 unspecified atom stereocenters. The molecule has 2 amide bonds. The summed E-state index contributed by atoms with van der Waals surface area (Å²) in [6, 6.07) is 3.98. The maximum atomic E-state index is 13.2. The molecule has 1 saturated heterocycles. The highest BCUT2D eigenvalue weighted by atomic mass is 35.5. The Morgan fingerprint density at radius 2 is 2.08 bits per heavy atom. The molecule has 1 aliphatic heterocycles. The number of nitrogens with zero attached hydrogens (tertiary/aromatic N) is 2. The number of carbonyl (C=O) groups excluding carboxylic acids is 2. The topological polar surface area (TPSA) is 61.8 Å². The number of benzene rings is 1. The summed E-state index contributed by atoms with van der Waals surface area (Å²) in [6.45, 7) is 7.71. The van der Waals surface area contributed by atoms with E-state index in [-0.39, 0.29) is 35.3 Å². The molecule has 5 nitrogen and oxygen atoms in total. The first-order chi connectivity index (χ1) is 11.7. The molecule has 1 aromatic carbocycles. The predicted octanol–water partition coefficient (Wildman–Crippen LogP) is 3.92. The number of nitrogens with one attached hydrogen (secondary N) is 1. The first-order valence-electron chi connectivity index (χ1n) is 8.01. The summed E-state index contributed by atoms with van der Waals surface area (Å²) in [6.07, 6.45) is 0.0127. The fraction of sp³-hybridized carbons (Fsp3) is 0.471. The lowest BCUT2D eigenvalue weighted by molar-refractivity contribution is -0.129. The molecular weight excluding hydrogens is 365 g/mol. The van der Waals surface area contributed by atoms with Crippen LogP contribution in [0.3, 0.4) is 0 Å². The van der Waals surface area contributed by atoms with Gasteiger partial charge in [-0.2, -0.15) is 0 Å². The zero-order valence-electron chi connectivity index (χ0n) is 14.5. The number of rotatable bonds is 5. The van der Waals surface area contributed by atoms with Gasteiger partial charge in [-0.25, -0.2) is 4.39 Å². The predicted molar refractivity (Wildman–Crippen MR) is 101 cm³/mol. The van der Waals surface area contributed by atoms with Crippen molar-refractivity contribution in [1.82, 2.24) is 4.90 Å². The van der Waals surface area contributed by atoms with Gasteiger partial charge in [-0.15, -0.1) is 0 Å². The lowest BCUT2D eigenvalue weighted by atomic mass is 10.2. The van der Waals surface area contributed by atoms with Crippen molar-refractivity contribution in [1.29, 1.82) is 0 Å². The minimum Gasteiger partial charge on any atom is -0.326 e. The third-order valence-electron chi connectivity index (χ3n) is 3.43. The molecule has 1 aliphatic rings. The second-order valence-corrected chi connectivity index (χ2v) is 7.87. The Hall–Kier alpha value is -1.60. The molecule has 1 heterocycles. The Morgan fingerprint density at radius 3 is 2.64 bits per heavy atom. The Bertz CT molecular complexity index is 709. The Labute approximate surface area is 156 Å². The summed E-state index contributed by atoms with van der Waals surface area (Å²) < 4.78 is 13.2. The molecule has 1 N–H and O–H groups in total. The third kappa shape index (κ3) is 4.95. The van der Waals surface area contributed by atoms with Crippen molar-refractivity contribution in [2.75, 3.05) is 5.32 Å². The standard InChI is InChI=1S/C17H21ClFN3O2S/c1-9(2)20-17-22(10(3)4)16(24)14(25-17)8-15(23)21-11-5-6-13(19)12(18)7-11/h5-7,9-10,14H,8H2,1-4H3,(H,21,23). The quantitative estimate of drug-likeness (QED) is 0.835. The number of thioether (sulfide) groups is 1. The minimum absolute atomic E-state index is 0.0127. The molecule has 0 aromatic heterocycles. The number of amides is 2. The number of aliphatic imine (C=N–C) groups is 1. The van der Waals surface area contributed by atoms with Gasteiger partial charge in [0.1, 0.15) is 11.1 Å². The van der Waals surface area contributed by atoms with E-state index in [4.69, 9.17) is 11.6 Å². The highest BCUT2D eigenvalue weighted by molar-refractivity contribution is 8.15. The first kappa shape index (κ1) is 19.7. The van der Waals surface area contributed by atoms with Crippen LogP contribution >= 0.6 is 23.4 Å². The van der Waals surface area contributed by atoms with E-state index in [1.54, 1.807) is 4.90 Å². The van der Waals surface area contributed by atoms with Crippen molar-refractivity contribution in [3.05, 3.63) is 29.0 Å². The number of anilines is 1. The van der Waals surface area contributed by atoms with Crippen molar-refractivity contribution in [3.63, 3.8) is 0 Å². The lowest BCUT2D eigenvalue weighted by Gasteiger charge is -2.21. The van der Waals surface area contributed by atoms with Gasteiger partial charge in [-0.1, -0.05) is 23.4 Å². The number of carbonyl (C=O) groups is 2. The van der Waals surface area contributed by atoms with Crippen LogP contribution in [0, 0.1) is 5.82 Å². The van der Waals surface area contributed by atoms with Crippen molar-refractivity contribution in [2.24, 2.45) is 4.99 Å². The van der Waals surface area contributed by atoms with Gasteiger partial charge in [0.2, 0.25) is 11.8 Å². The first-order valence-corrected chi connectivity index (χ1v) is 9.27. The SMILES string of the molecule is CC(C)N=C1SC(CC(=O)Nc2ccc(F)c(Cl)c2)C(=O)N1C(C)C. The maximum Gasteiger partial charge on any atom is 0.242 e. The summed E-state index contributed by atoms with van der Waals surface area (Å²) in [5.74, 6) is -1.00. The van der Waals surface area contributed by atoms with Crippen LogP contribution in [0.15, 0.2) is 23.2 Å². The van der Waals surface area contributed by atoms with E-state index in [1.807, 2.05) is 27.7 Å². The lowest BCUT2D eigenvalue weighted by Crippen LogP contribution is -2.38. The molecular formula is C17H21ClFN3O2S. The van der Waals surface area contributed by atoms with Crippen LogP contribution in [0.2, 0.25) is 5.02 Å². The summed E-state index contributed by atoms with van der Waals surface area (Å²) >= 11 is 7.01. The van der Waals surface area contributed by atoms with Gasteiger partial charge in [0.05, 0.1) is 5.02 Å². The Balaban J connectivity index is 2.07. The number of hydrogen-bond acceptors (Lipinski definition) is 4. The fourth-order valence-electron chi connectivity index (χ4n) is 2.36. The van der Waals surface area contributed by atoms with Crippen molar-refractivity contribution in [3.8, 4) is 0 Å². The van der Waals surface area contributed by atoms with E-state index in [1.165, 1.54) is 30.0 Å². The molecule has 0 saturated carbocycles. The molecule has 1 atom stereocenters. The minimum atomic E-state index is -0.552. The van der Waals surface area contributed by atoms with Gasteiger partial charge < -0.3 is 5.32 Å². The van der Waals surface area contributed by atoms with Gasteiger partial charge >= 0.3 is 0 Å². The average Bonchev–Trinajstić information content (AvgIpc) is 2.78.